The largest absolute Gasteiger partial charge is 0.369 e. The Labute approximate surface area is 139 Å². The fourth-order valence-corrected chi connectivity index (χ4v) is 4.26. The summed E-state index contributed by atoms with van der Waals surface area (Å²) in [6.45, 7) is 1.83. The highest BCUT2D eigenvalue weighted by Gasteiger charge is 2.32. The average Bonchev–Trinajstić information content (AvgIpc) is 3.16. The number of nitrogens with one attached hydrogen (secondary N) is 1. The van der Waals surface area contributed by atoms with Crippen molar-refractivity contribution in [2.45, 2.75) is 17.7 Å². The number of aromatic nitrogens is 1. The molecule has 0 spiro atoms. The maximum atomic E-state index is 14.2. The number of benzene rings is 1. The number of hydrogen-bond donors (Lipinski definition) is 1. The van der Waals surface area contributed by atoms with Crippen molar-refractivity contribution in [3.05, 3.63) is 48.0 Å². The Hall–Kier alpha value is -2.48. The molecule has 4 rings (SSSR count). The zero-order valence-corrected chi connectivity index (χ0v) is 13.6. The van der Waals surface area contributed by atoms with Crippen LogP contribution in [0.4, 0.5) is 15.8 Å². The van der Waals surface area contributed by atoms with Crippen molar-refractivity contribution in [3.63, 3.8) is 0 Å². The number of fused-ring (bicyclic) bond motifs is 1. The number of nitrogens with zero attached hydrogens (tertiary/aromatic N) is 3. The van der Waals surface area contributed by atoms with Gasteiger partial charge in [-0.25, -0.2) is 4.39 Å². The fourth-order valence-electron chi connectivity index (χ4n) is 3.08. The number of halogens is 1. The van der Waals surface area contributed by atoms with Crippen LogP contribution in [0.5, 0.6) is 0 Å². The molecule has 2 aliphatic rings. The Morgan fingerprint density at radius 2 is 1.96 bits per heavy atom. The molecule has 1 fully saturated rings. The minimum Gasteiger partial charge on any atom is -0.369 e. The first-order valence-electron chi connectivity index (χ1n) is 7.66. The van der Waals surface area contributed by atoms with Gasteiger partial charge in [-0.3, -0.25) is 4.98 Å². The van der Waals surface area contributed by atoms with Crippen molar-refractivity contribution in [1.82, 2.24) is 4.98 Å². The lowest BCUT2D eigenvalue weighted by Gasteiger charge is -2.21. The number of hydrogen-bond acceptors (Lipinski definition) is 5. The summed E-state index contributed by atoms with van der Waals surface area (Å²) in [6.07, 6.45) is 5.52. The van der Waals surface area contributed by atoms with Crippen LogP contribution in [-0.2, 0) is 10.0 Å². The van der Waals surface area contributed by atoms with Crippen LogP contribution in [0.25, 0.3) is 0 Å². The molecule has 124 valence electrons. The molecule has 1 saturated heterocycles. The molecule has 0 atom stereocenters. The first-order chi connectivity index (χ1) is 11.6. The number of amidine groups is 1. The van der Waals surface area contributed by atoms with Gasteiger partial charge in [-0.2, -0.15) is 8.42 Å². The lowest BCUT2D eigenvalue weighted by molar-refractivity contribution is 0.595. The smallest absolute Gasteiger partial charge is 0.285 e. The Morgan fingerprint density at radius 1 is 1.17 bits per heavy atom. The van der Waals surface area contributed by atoms with Gasteiger partial charge in [0.25, 0.3) is 10.0 Å². The van der Waals surface area contributed by atoms with Gasteiger partial charge in [0.1, 0.15) is 10.7 Å². The van der Waals surface area contributed by atoms with Gasteiger partial charge in [0, 0.05) is 19.3 Å². The molecule has 0 radical (unpaired) electrons. The van der Waals surface area contributed by atoms with Crippen molar-refractivity contribution in [2.75, 3.05) is 23.3 Å². The summed E-state index contributed by atoms with van der Waals surface area (Å²) in [7, 11) is -3.87. The minimum absolute atomic E-state index is 0.00902. The number of anilines is 2. The number of sulfonamides is 1. The minimum atomic E-state index is -3.87. The van der Waals surface area contributed by atoms with E-state index >= 15 is 0 Å². The lowest BCUT2D eigenvalue weighted by Crippen LogP contribution is -2.21. The zero-order chi connectivity index (χ0) is 16.7. The molecule has 6 nitrogen and oxygen atoms in total. The molecule has 0 aliphatic carbocycles. The predicted octanol–water partition coefficient (Wildman–Crippen LogP) is 2.38. The zero-order valence-electron chi connectivity index (χ0n) is 12.7. The van der Waals surface area contributed by atoms with Gasteiger partial charge < -0.3 is 10.2 Å². The molecule has 0 amide bonds. The number of pyridine rings is 1. The second kappa shape index (κ2) is 5.55. The highest BCUT2D eigenvalue weighted by Crippen LogP contribution is 2.32. The van der Waals surface area contributed by atoms with E-state index in [-0.39, 0.29) is 16.3 Å². The summed E-state index contributed by atoms with van der Waals surface area (Å²) in [5.41, 5.74) is 1.51. The van der Waals surface area contributed by atoms with Gasteiger partial charge in [-0.05, 0) is 31.0 Å². The fraction of sp³-hybridized carbons (Fsp3) is 0.250. The lowest BCUT2D eigenvalue weighted by atomic mass is 10.2. The standard InChI is InChI=1S/C16H15FN4O2S/c17-11-4-3-5-14-15(11)16(20-24(14,22)23)19-12-6-7-18-10-13(12)21-8-1-2-9-21/h3-7,10H,1-2,8-9H2,(H,18,19,20). The summed E-state index contributed by atoms with van der Waals surface area (Å²) < 4.78 is 42.2. The maximum absolute atomic E-state index is 14.2. The van der Waals surface area contributed by atoms with E-state index in [1.165, 1.54) is 18.2 Å². The van der Waals surface area contributed by atoms with Crippen LogP contribution in [0.15, 0.2) is 46.0 Å². The molecular weight excluding hydrogens is 331 g/mol. The van der Waals surface area contributed by atoms with E-state index in [0.29, 0.717) is 5.69 Å². The van der Waals surface area contributed by atoms with Gasteiger partial charge in [0.15, 0.2) is 5.84 Å². The van der Waals surface area contributed by atoms with Crippen molar-refractivity contribution in [2.24, 2.45) is 4.40 Å². The molecule has 2 aliphatic heterocycles. The molecular formula is C16H15FN4O2S. The van der Waals surface area contributed by atoms with Gasteiger partial charge in [0.2, 0.25) is 0 Å². The second-order valence-electron chi connectivity index (χ2n) is 5.74. The van der Waals surface area contributed by atoms with Crippen LogP contribution in [0.1, 0.15) is 18.4 Å². The molecule has 24 heavy (non-hydrogen) atoms. The first-order valence-corrected chi connectivity index (χ1v) is 9.10. The van der Waals surface area contributed by atoms with Crippen LogP contribution in [-0.4, -0.2) is 32.3 Å². The third-order valence-electron chi connectivity index (χ3n) is 4.20. The van der Waals surface area contributed by atoms with Crippen LogP contribution in [0.2, 0.25) is 0 Å². The quantitative estimate of drug-likeness (QED) is 0.904. The van der Waals surface area contributed by atoms with Gasteiger partial charge in [-0.15, -0.1) is 4.40 Å². The van der Waals surface area contributed by atoms with Gasteiger partial charge in [-0.1, -0.05) is 6.07 Å². The van der Waals surface area contributed by atoms with Crippen LogP contribution in [0.3, 0.4) is 0 Å². The molecule has 1 aromatic heterocycles. The Balaban J connectivity index is 1.76. The van der Waals surface area contributed by atoms with E-state index in [0.717, 1.165) is 31.6 Å². The van der Waals surface area contributed by atoms with E-state index in [1.54, 1.807) is 18.5 Å². The molecule has 3 heterocycles. The molecule has 0 bridgehead atoms. The Morgan fingerprint density at radius 3 is 2.75 bits per heavy atom. The summed E-state index contributed by atoms with van der Waals surface area (Å²) in [4.78, 5) is 6.20. The highest BCUT2D eigenvalue weighted by atomic mass is 32.2. The Kier molecular flexibility index (Phi) is 3.49. The third kappa shape index (κ3) is 2.43. The van der Waals surface area contributed by atoms with Crippen LogP contribution >= 0.6 is 0 Å². The predicted molar refractivity (Wildman–Crippen MR) is 89.4 cm³/mol. The van der Waals surface area contributed by atoms with Crippen molar-refractivity contribution < 1.29 is 12.8 Å². The third-order valence-corrected chi connectivity index (χ3v) is 5.52. The monoisotopic (exact) mass is 346 g/mol. The topological polar surface area (TPSA) is 74.7 Å². The van der Waals surface area contributed by atoms with Crippen molar-refractivity contribution in [1.29, 1.82) is 0 Å². The molecule has 0 saturated carbocycles. The van der Waals surface area contributed by atoms with Crippen molar-refractivity contribution in [3.8, 4) is 0 Å². The summed E-state index contributed by atoms with van der Waals surface area (Å²) in [6, 6.07) is 5.69. The molecule has 1 N–H and O–H groups in total. The maximum Gasteiger partial charge on any atom is 0.285 e. The average molecular weight is 346 g/mol. The second-order valence-corrected chi connectivity index (χ2v) is 7.31. The van der Waals surface area contributed by atoms with Crippen molar-refractivity contribution >= 4 is 27.2 Å². The normalized spacial score (nSPS) is 18.4. The summed E-state index contributed by atoms with van der Waals surface area (Å²) in [5.74, 6) is -0.605. The summed E-state index contributed by atoms with van der Waals surface area (Å²) >= 11 is 0. The first kappa shape index (κ1) is 15.1. The SMILES string of the molecule is O=S1(=O)N=C(Nc2ccncc2N2CCCC2)c2c(F)cccc21. The van der Waals surface area contributed by atoms with Crippen LogP contribution in [0, 0.1) is 5.82 Å². The van der Waals surface area contributed by atoms with E-state index < -0.39 is 15.8 Å². The highest BCUT2D eigenvalue weighted by molar-refractivity contribution is 7.90. The van der Waals surface area contributed by atoms with Gasteiger partial charge in [0.05, 0.1) is 23.1 Å². The molecule has 8 heteroatoms. The van der Waals surface area contributed by atoms with E-state index in [2.05, 4.69) is 19.6 Å². The molecule has 1 aromatic carbocycles. The van der Waals surface area contributed by atoms with E-state index in [1.807, 2.05) is 0 Å². The Bertz CT molecular complexity index is 937. The van der Waals surface area contributed by atoms with E-state index in [4.69, 9.17) is 0 Å². The van der Waals surface area contributed by atoms with E-state index in [9.17, 15) is 12.8 Å². The summed E-state index contributed by atoms with van der Waals surface area (Å²) in [5, 5.41) is 2.99. The number of rotatable bonds is 2. The molecule has 0 unspecified atom stereocenters. The molecule has 2 aromatic rings. The van der Waals surface area contributed by atoms with Gasteiger partial charge >= 0.3 is 0 Å². The van der Waals surface area contributed by atoms with Crippen LogP contribution < -0.4 is 10.2 Å².